The van der Waals surface area contributed by atoms with Crippen molar-refractivity contribution in [2.75, 3.05) is 0 Å². The smallest absolute Gasteiger partial charge is 1.00 e. The van der Waals surface area contributed by atoms with Gasteiger partial charge in [-0.3, -0.25) is 0 Å². The van der Waals surface area contributed by atoms with Gasteiger partial charge in [-0.2, -0.15) is 0 Å². The Kier molecular flexibility index (Phi) is 4830. The topological polar surface area (TPSA) is 0 Å². The number of hydrogen-bond donors (Lipinski definition) is 0. The molecule has 0 aromatic rings. The summed E-state index contributed by atoms with van der Waals surface area (Å²) in [5.41, 5.74) is 0. The van der Waals surface area contributed by atoms with E-state index in [2.05, 4.69) is 0 Å². The molecule has 0 rings (SSSR count). The van der Waals surface area contributed by atoms with Crippen LogP contribution in [-0.2, 0) is 17.4 Å². The van der Waals surface area contributed by atoms with Gasteiger partial charge in [0.15, 0.2) is 0 Å². The fraction of sp³-hybridized carbons (Fsp3) is 0. The molecule has 1 radical (unpaired) electrons. The van der Waals surface area contributed by atoms with Gasteiger partial charge in [0.25, 0.3) is 0 Å². The molecule has 9 heavy (non-hydrogen) atoms. The summed E-state index contributed by atoms with van der Waals surface area (Å²) >= 11 is 0. The van der Waals surface area contributed by atoms with Crippen molar-refractivity contribution >= 4 is 45.5 Å². The van der Waals surface area contributed by atoms with Crippen LogP contribution in [0.2, 0.25) is 0 Å². The molecule has 0 saturated heterocycles. The molecule has 0 amide bonds. The van der Waals surface area contributed by atoms with E-state index >= 15 is 0 Å². The molecule has 0 unspecified atom stereocenters. The molecule has 0 nitrogen and oxygen atoms in total. The molecule has 0 aromatic carbocycles. The van der Waals surface area contributed by atoms with Crippen LogP contribution < -0.4 is 47.1 Å². The Morgan fingerprint density at radius 3 is 0.444 bits per heavy atom. The Labute approximate surface area is 108 Å². The molecule has 0 bridgehead atoms. The number of hydrogen-bond acceptors (Lipinski definition) is 0. The molecule has 0 spiro atoms. The predicted molar refractivity (Wildman–Crippen MR) is 5.75 cm³/mol. The van der Waals surface area contributed by atoms with Crippen LogP contribution in [0.1, 0.15) is 0 Å². The van der Waals surface area contributed by atoms with Gasteiger partial charge in [-0.15, -0.1) is 0 Å². The van der Waals surface area contributed by atoms with Gasteiger partial charge in [0.1, 0.15) is 0 Å². The first kappa shape index (κ1) is 242. The van der Waals surface area contributed by atoms with Crippen molar-refractivity contribution in [3.8, 4) is 0 Å². The van der Waals surface area contributed by atoms with Crippen LogP contribution >= 0.6 is 0 Å². The fourth-order valence-corrected chi connectivity index (χ4v) is 0. The second-order valence-corrected chi connectivity index (χ2v) is 0. The summed E-state index contributed by atoms with van der Waals surface area (Å²) in [5, 5.41) is 0. The van der Waals surface area contributed by atoms with Gasteiger partial charge in [0.05, 0.1) is 0 Å². The summed E-state index contributed by atoms with van der Waals surface area (Å²) in [6, 6.07) is 0. The van der Waals surface area contributed by atoms with Crippen LogP contribution in [-0.4, -0.2) is 45.5 Å². The second-order valence-electron chi connectivity index (χ2n) is 0. The standard InChI is InChI=1S/Cr.6FH.Li.Sr/h;6*1H;;/q+3;;;;;;;+1;+2/p-6. The molecule has 9 heteroatoms. The molecule has 0 heterocycles. The molecule has 0 atom stereocenters. The predicted octanol–water partition coefficient (Wildman–Crippen LogP) is -21.4. The summed E-state index contributed by atoms with van der Waals surface area (Å²) in [7, 11) is 0. The third kappa shape index (κ3) is 142. The third-order valence-electron chi connectivity index (χ3n) is 0. The minimum absolute atomic E-state index is 0. The van der Waals surface area contributed by atoms with E-state index in [0.29, 0.717) is 0 Å². The van der Waals surface area contributed by atoms with Gasteiger partial charge in [-0.1, -0.05) is 0 Å². The van der Waals surface area contributed by atoms with Gasteiger partial charge < -0.3 is 28.2 Å². The van der Waals surface area contributed by atoms with Crippen LogP contribution in [0.25, 0.3) is 0 Å². The molecule has 0 aromatic heterocycles. The van der Waals surface area contributed by atoms with Crippen molar-refractivity contribution in [1.82, 2.24) is 0 Å². The van der Waals surface area contributed by atoms with Crippen LogP contribution in [0.15, 0.2) is 0 Å². The molecule has 0 aliphatic rings. The minimum atomic E-state index is 0. The molecule has 0 aliphatic carbocycles. The fourth-order valence-electron chi connectivity index (χ4n) is 0. The summed E-state index contributed by atoms with van der Waals surface area (Å²) in [4.78, 5) is 0. The summed E-state index contributed by atoms with van der Waals surface area (Å²) in [6.45, 7) is 0. The zero-order valence-electron chi connectivity index (χ0n) is 4.38. The van der Waals surface area contributed by atoms with Crippen LogP contribution in [0.4, 0.5) is 0 Å². The minimum Gasteiger partial charge on any atom is -1.00 e. The van der Waals surface area contributed by atoms with E-state index in [1.54, 1.807) is 0 Å². The van der Waals surface area contributed by atoms with E-state index in [9.17, 15) is 0 Å². The normalized spacial score (nSPS) is 0. The number of halogens is 6. The van der Waals surface area contributed by atoms with Gasteiger partial charge in [-0.25, -0.2) is 0 Å². The quantitative estimate of drug-likeness (QED) is 0.300. The van der Waals surface area contributed by atoms with Crippen molar-refractivity contribution in [3.63, 3.8) is 0 Å². The first-order valence-electron chi connectivity index (χ1n) is 0. The first-order valence-corrected chi connectivity index (χ1v) is 0. The SMILES string of the molecule is [Cr+3].[F-].[F-].[F-].[F-].[F-].[F-].[Li+].[Sr+2]. The van der Waals surface area contributed by atoms with Crippen LogP contribution in [0.5, 0.6) is 0 Å². The summed E-state index contributed by atoms with van der Waals surface area (Å²) < 4.78 is 0. The van der Waals surface area contributed by atoms with Crippen molar-refractivity contribution in [2.45, 2.75) is 0 Å². The van der Waals surface area contributed by atoms with E-state index in [4.69, 9.17) is 0 Å². The molecule has 0 saturated carbocycles. The van der Waals surface area contributed by atoms with Gasteiger partial charge >= 0.3 is 81.7 Å². The van der Waals surface area contributed by atoms with Gasteiger partial charge in [0, 0.05) is 0 Å². The summed E-state index contributed by atoms with van der Waals surface area (Å²) in [6.07, 6.45) is 0. The van der Waals surface area contributed by atoms with Crippen molar-refractivity contribution < 1.29 is 64.4 Å². The molecular formula is CrF6LiSr. The number of rotatable bonds is 0. The Hall–Kier alpha value is 2.19. The van der Waals surface area contributed by atoms with E-state index in [1.165, 1.54) is 0 Å². The van der Waals surface area contributed by atoms with E-state index < -0.39 is 0 Å². The Bertz CT molecular complexity index is 13.0. The third-order valence-corrected chi connectivity index (χ3v) is 0. The van der Waals surface area contributed by atoms with E-state index in [1.807, 2.05) is 0 Å². The van der Waals surface area contributed by atoms with Crippen molar-refractivity contribution in [3.05, 3.63) is 0 Å². The maximum atomic E-state index is 0. The van der Waals surface area contributed by atoms with Gasteiger partial charge in [0.2, 0.25) is 0 Å². The van der Waals surface area contributed by atoms with Crippen molar-refractivity contribution in [1.29, 1.82) is 0 Å². The van der Waals surface area contributed by atoms with Gasteiger partial charge in [-0.05, 0) is 0 Å². The zero-order chi connectivity index (χ0) is 0. The maximum Gasteiger partial charge on any atom is 3.00 e. The molecular weight excluding hydrogens is 261 g/mol. The Balaban J connectivity index is 0. The molecule has 0 fully saturated rings. The van der Waals surface area contributed by atoms with Crippen molar-refractivity contribution in [2.24, 2.45) is 0 Å². The Morgan fingerprint density at radius 1 is 0.444 bits per heavy atom. The maximum absolute atomic E-state index is 0. The largest absolute Gasteiger partial charge is 3.00 e. The summed E-state index contributed by atoms with van der Waals surface area (Å²) in [5.74, 6) is 0. The Morgan fingerprint density at radius 2 is 0.444 bits per heavy atom. The van der Waals surface area contributed by atoms with E-state index in [0.717, 1.165) is 0 Å². The average molecular weight is 261 g/mol. The average Bonchev–Trinajstić information content (AvgIpc) is 0. The molecule has 51 valence electrons. The zero-order valence-corrected chi connectivity index (χ0v) is 9.13. The molecule has 0 N–H and O–H groups in total. The first-order chi connectivity index (χ1) is 0. The monoisotopic (exact) mass is 261 g/mol. The van der Waals surface area contributed by atoms with Crippen LogP contribution in [0, 0.1) is 0 Å². The van der Waals surface area contributed by atoms with Crippen LogP contribution in [0.3, 0.4) is 0 Å². The molecule has 0 aliphatic heterocycles. The van der Waals surface area contributed by atoms with E-state index in [-0.39, 0.29) is 110 Å². The second kappa shape index (κ2) is 179.